The summed E-state index contributed by atoms with van der Waals surface area (Å²) >= 11 is 1.68. The van der Waals surface area contributed by atoms with Crippen LogP contribution in [0, 0.1) is 5.41 Å². The molecule has 1 aromatic heterocycles. The van der Waals surface area contributed by atoms with Gasteiger partial charge in [0.05, 0.1) is 6.54 Å². The molecular formula is C19H28ClN3O2S. The minimum Gasteiger partial charge on any atom is -0.333 e. The van der Waals surface area contributed by atoms with Crippen molar-refractivity contribution in [1.29, 1.82) is 0 Å². The third-order valence-corrected chi connectivity index (χ3v) is 6.86. The van der Waals surface area contributed by atoms with Gasteiger partial charge in [0.2, 0.25) is 11.8 Å². The molecule has 1 unspecified atom stereocenters. The van der Waals surface area contributed by atoms with E-state index in [1.165, 1.54) is 5.56 Å². The Morgan fingerprint density at radius 3 is 2.85 bits per heavy atom. The number of thiophene rings is 1. The lowest BCUT2D eigenvalue weighted by molar-refractivity contribution is -0.143. The van der Waals surface area contributed by atoms with E-state index in [9.17, 15) is 9.59 Å². The number of rotatable bonds is 5. The molecule has 2 amide bonds. The smallest absolute Gasteiger partial charge is 0.242 e. The Balaban J connectivity index is 0.00000196. The van der Waals surface area contributed by atoms with Gasteiger partial charge in [-0.15, -0.1) is 12.4 Å². The second-order valence-corrected chi connectivity index (χ2v) is 8.54. The van der Waals surface area contributed by atoms with Gasteiger partial charge in [0.25, 0.3) is 0 Å². The Morgan fingerprint density at radius 1 is 1.35 bits per heavy atom. The molecule has 26 heavy (non-hydrogen) atoms. The lowest BCUT2D eigenvalue weighted by atomic mass is 9.93. The van der Waals surface area contributed by atoms with Crippen LogP contribution < -0.4 is 5.32 Å². The van der Waals surface area contributed by atoms with E-state index in [4.69, 9.17) is 0 Å². The van der Waals surface area contributed by atoms with E-state index in [2.05, 4.69) is 27.0 Å². The van der Waals surface area contributed by atoms with Crippen molar-refractivity contribution in [3.8, 4) is 0 Å². The molecule has 7 heteroatoms. The SMILES string of the molecule is Cl.O=C1CCCCN1CC(=O)N(Cc1ccsc1)C1CC12CCNCC2. The third-order valence-electron chi connectivity index (χ3n) is 6.12. The monoisotopic (exact) mass is 397 g/mol. The van der Waals surface area contributed by atoms with Crippen LogP contribution in [0.25, 0.3) is 0 Å². The summed E-state index contributed by atoms with van der Waals surface area (Å²) in [7, 11) is 0. The zero-order valence-electron chi connectivity index (χ0n) is 15.1. The number of halogens is 1. The largest absolute Gasteiger partial charge is 0.333 e. The standard InChI is InChI=1S/C19H27N3O2S.ClH/c23-17-3-1-2-9-21(17)13-18(24)22(12-15-4-10-25-14-15)16-11-19(16)5-7-20-8-6-19;/h4,10,14,16,20H,1-3,5-9,11-13H2;1H. The normalized spacial score (nSPS) is 24.2. The molecule has 2 aliphatic heterocycles. The zero-order chi connectivity index (χ0) is 17.3. The van der Waals surface area contributed by atoms with Crippen LogP contribution in [0.3, 0.4) is 0 Å². The molecule has 144 valence electrons. The lowest BCUT2D eigenvalue weighted by Gasteiger charge is -2.32. The molecule has 1 spiro atoms. The molecule has 0 aromatic carbocycles. The molecule has 1 saturated carbocycles. The summed E-state index contributed by atoms with van der Waals surface area (Å²) in [6.07, 6.45) is 6.01. The zero-order valence-corrected chi connectivity index (χ0v) is 16.7. The summed E-state index contributed by atoms with van der Waals surface area (Å²) < 4.78 is 0. The first-order valence-corrected chi connectivity index (χ1v) is 10.4. The van der Waals surface area contributed by atoms with Crippen LogP contribution in [0.5, 0.6) is 0 Å². The maximum absolute atomic E-state index is 13.1. The Morgan fingerprint density at radius 2 is 2.15 bits per heavy atom. The van der Waals surface area contributed by atoms with Crippen LogP contribution >= 0.6 is 23.7 Å². The fraction of sp³-hybridized carbons (Fsp3) is 0.684. The van der Waals surface area contributed by atoms with Crippen LogP contribution in [0.2, 0.25) is 0 Å². The second-order valence-electron chi connectivity index (χ2n) is 7.76. The van der Waals surface area contributed by atoms with Gasteiger partial charge in [0.1, 0.15) is 0 Å². The molecule has 1 aromatic rings. The van der Waals surface area contributed by atoms with Gasteiger partial charge < -0.3 is 15.1 Å². The molecule has 1 aliphatic carbocycles. The summed E-state index contributed by atoms with van der Waals surface area (Å²) in [5.74, 6) is 0.268. The molecule has 3 heterocycles. The number of likely N-dealkylation sites (tertiary alicyclic amines) is 1. The first-order chi connectivity index (χ1) is 12.2. The highest BCUT2D eigenvalue weighted by molar-refractivity contribution is 7.07. The van der Waals surface area contributed by atoms with E-state index >= 15 is 0 Å². The van der Waals surface area contributed by atoms with E-state index < -0.39 is 0 Å². The highest BCUT2D eigenvalue weighted by atomic mass is 35.5. The van der Waals surface area contributed by atoms with Crippen LogP contribution in [0.1, 0.15) is 44.1 Å². The second kappa shape index (κ2) is 8.28. The summed E-state index contributed by atoms with van der Waals surface area (Å²) in [4.78, 5) is 29.1. The molecule has 2 saturated heterocycles. The summed E-state index contributed by atoms with van der Waals surface area (Å²) in [6.45, 7) is 3.79. The average Bonchev–Trinajstić information content (AvgIpc) is 3.06. The van der Waals surface area contributed by atoms with Crippen molar-refractivity contribution in [2.24, 2.45) is 5.41 Å². The van der Waals surface area contributed by atoms with E-state index in [-0.39, 0.29) is 30.8 Å². The van der Waals surface area contributed by atoms with Gasteiger partial charge in [-0.3, -0.25) is 9.59 Å². The van der Waals surface area contributed by atoms with E-state index in [0.717, 1.165) is 51.7 Å². The minimum atomic E-state index is 0. The van der Waals surface area contributed by atoms with Crippen LogP contribution in [-0.4, -0.2) is 53.8 Å². The number of nitrogens with zero attached hydrogens (tertiary/aromatic N) is 2. The van der Waals surface area contributed by atoms with Crippen molar-refractivity contribution < 1.29 is 9.59 Å². The lowest BCUT2D eigenvalue weighted by Crippen LogP contribution is -2.46. The fourth-order valence-corrected chi connectivity index (χ4v) is 5.12. The van der Waals surface area contributed by atoms with Gasteiger partial charge in [0.15, 0.2) is 0 Å². The maximum atomic E-state index is 13.1. The van der Waals surface area contributed by atoms with Crippen LogP contribution in [-0.2, 0) is 16.1 Å². The van der Waals surface area contributed by atoms with Crippen molar-refractivity contribution in [2.75, 3.05) is 26.2 Å². The predicted octanol–water partition coefficient (Wildman–Crippen LogP) is 2.65. The highest BCUT2D eigenvalue weighted by Gasteiger charge is 2.57. The molecule has 0 radical (unpaired) electrons. The highest BCUT2D eigenvalue weighted by Crippen LogP contribution is 2.56. The molecule has 4 rings (SSSR count). The van der Waals surface area contributed by atoms with Crippen molar-refractivity contribution in [1.82, 2.24) is 15.1 Å². The number of amides is 2. The topological polar surface area (TPSA) is 52.7 Å². The van der Waals surface area contributed by atoms with Gasteiger partial charge in [0, 0.05) is 25.6 Å². The quantitative estimate of drug-likeness (QED) is 0.831. The van der Waals surface area contributed by atoms with Gasteiger partial charge in [-0.05, 0) is 73.0 Å². The number of nitrogens with one attached hydrogen (secondary N) is 1. The van der Waals surface area contributed by atoms with Crippen molar-refractivity contribution in [3.63, 3.8) is 0 Å². The molecule has 3 fully saturated rings. The number of hydrogen-bond donors (Lipinski definition) is 1. The molecule has 1 N–H and O–H groups in total. The Hall–Kier alpha value is -1.11. The molecule has 1 atom stereocenters. The molecule has 5 nitrogen and oxygen atoms in total. The molecule has 3 aliphatic rings. The Labute approximate surface area is 165 Å². The van der Waals surface area contributed by atoms with Crippen molar-refractivity contribution in [3.05, 3.63) is 22.4 Å². The van der Waals surface area contributed by atoms with Gasteiger partial charge >= 0.3 is 0 Å². The van der Waals surface area contributed by atoms with Crippen LogP contribution in [0.15, 0.2) is 16.8 Å². The van der Waals surface area contributed by atoms with E-state index in [0.29, 0.717) is 24.4 Å². The first-order valence-electron chi connectivity index (χ1n) is 9.47. The summed E-state index contributed by atoms with van der Waals surface area (Å²) in [5, 5.41) is 7.63. The van der Waals surface area contributed by atoms with E-state index in [1.807, 2.05) is 0 Å². The molecular weight excluding hydrogens is 370 g/mol. The summed E-state index contributed by atoms with van der Waals surface area (Å²) in [6, 6.07) is 2.45. The Kier molecular flexibility index (Phi) is 6.25. The maximum Gasteiger partial charge on any atom is 0.242 e. The predicted molar refractivity (Wildman–Crippen MR) is 105 cm³/mol. The summed E-state index contributed by atoms with van der Waals surface area (Å²) in [5.41, 5.74) is 1.53. The van der Waals surface area contributed by atoms with Crippen molar-refractivity contribution in [2.45, 2.75) is 51.1 Å². The fourth-order valence-electron chi connectivity index (χ4n) is 4.46. The van der Waals surface area contributed by atoms with Gasteiger partial charge in [-0.2, -0.15) is 11.3 Å². The number of carbonyl (C=O) groups excluding carboxylic acids is 2. The van der Waals surface area contributed by atoms with E-state index in [1.54, 1.807) is 16.2 Å². The number of carbonyl (C=O) groups is 2. The number of piperidine rings is 2. The third kappa shape index (κ3) is 4.07. The number of hydrogen-bond acceptors (Lipinski definition) is 4. The molecule has 0 bridgehead atoms. The minimum absolute atomic E-state index is 0. The van der Waals surface area contributed by atoms with Gasteiger partial charge in [-0.25, -0.2) is 0 Å². The Bertz CT molecular complexity index is 631. The van der Waals surface area contributed by atoms with Gasteiger partial charge in [-0.1, -0.05) is 0 Å². The first kappa shape index (κ1) is 19.6. The van der Waals surface area contributed by atoms with Crippen LogP contribution in [0.4, 0.5) is 0 Å². The van der Waals surface area contributed by atoms with Crippen molar-refractivity contribution >= 4 is 35.6 Å². The average molecular weight is 398 g/mol.